The molecular weight excluding hydrogens is 470 g/mol. The molecule has 0 saturated carbocycles. The van der Waals surface area contributed by atoms with Crippen molar-refractivity contribution in [1.29, 1.82) is 0 Å². The molecule has 0 fully saturated rings. The van der Waals surface area contributed by atoms with Crippen LogP contribution in [0.1, 0.15) is 24.7 Å². The van der Waals surface area contributed by atoms with Crippen LogP contribution >= 0.6 is 24.0 Å². The van der Waals surface area contributed by atoms with Crippen molar-refractivity contribution in [3.8, 4) is 0 Å². The topological polar surface area (TPSA) is 54.2 Å². The van der Waals surface area contributed by atoms with E-state index in [4.69, 9.17) is 0 Å². The summed E-state index contributed by atoms with van der Waals surface area (Å²) in [6.07, 6.45) is -0.614. The van der Waals surface area contributed by atoms with Crippen molar-refractivity contribution >= 4 is 29.9 Å². The Morgan fingerprint density at radius 1 is 1.19 bits per heavy atom. The van der Waals surface area contributed by atoms with E-state index in [1.54, 1.807) is 6.20 Å². The summed E-state index contributed by atoms with van der Waals surface area (Å²) >= 11 is 0. The Balaban J connectivity index is 0.00000364. The highest BCUT2D eigenvalue weighted by atomic mass is 127. The van der Waals surface area contributed by atoms with Gasteiger partial charge in [-0.3, -0.25) is 0 Å². The molecule has 0 bridgehead atoms. The van der Waals surface area contributed by atoms with Gasteiger partial charge in [0.15, 0.2) is 5.96 Å². The lowest BCUT2D eigenvalue weighted by Gasteiger charge is -2.13. The summed E-state index contributed by atoms with van der Waals surface area (Å²) in [5, 5.41) is 5.64. The third-order valence-corrected chi connectivity index (χ3v) is 3.71. The van der Waals surface area contributed by atoms with E-state index < -0.39 is 12.6 Å². The van der Waals surface area contributed by atoms with Crippen LogP contribution in [-0.4, -0.2) is 34.8 Å². The summed E-state index contributed by atoms with van der Waals surface area (Å²) < 4.78 is 38.8. The zero-order chi connectivity index (χ0) is 18.8. The summed E-state index contributed by atoms with van der Waals surface area (Å²) in [5.74, 6) is 1.13. The van der Waals surface area contributed by atoms with E-state index in [0.29, 0.717) is 19.0 Å². The second-order valence-corrected chi connectivity index (χ2v) is 5.76. The standard InChI is InChI=1S/C18H24F3N5.HI/c1-2-22-17(24-10-9-18(19,20)21)25-14-16-23-11-13-26(16)12-8-15-6-4-3-5-7-15;/h3-7,11,13H,2,8-10,12,14H2,1H3,(H2,22,24,25);1H. The van der Waals surface area contributed by atoms with Crippen molar-refractivity contribution in [2.24, 2.45) is 4.99 Å². The zero-order valence-corrected chi connectivity index (χ0v) is 17.5. The first-order valence-corrected chi connectivity index (χ1v) is 8.61. The summed E-state index contributed by atoms with van der Waals surface area (Å²) in [7, 11) is 0. The van der Waals surface area contributed by atoms with E-state index in [2.05, 4.69) is 32.7 Å². The van der Waals surface area contributed by atoms with Crippen molar-refractivity contribution in [3.05, 3.63) is 54.1 Å². The molecule has 0 radical (unpaired) electrons. The molecule has 0 unspecified atom stereocenters. The molecule has 9 heteroatoms. The minimum Gasteiger partial charge on any atom is -0.357 e. The average Bonchev–Trinajstić information content (AvgIpc) is 3.05. The van der Waals surface area contributed by atoms with Crippen LogP contribution in [0.4, 0.5) is 13.2 Å². The van der Waals surface area contributed by atoms with Crippen molar-refractivity contribution < 1.29 is 13.2 Å². The molecule has 5 nitrogen and oxygen atoms in total. The quantitative estimate of drug-likeness (QED) is 0.333. The first-order chi connectivity index (χ1) is 12.5. The Morgan fingerprint density at radius 2 is 1.93 bits per heavy atom. The third-order valence-electron chi connectivity index (χ3n) is 3.71. The number of hydrogen-bond acceptors (Lipinski definition) is 2. The number of nitrogens with one attached hydrogen (secondary N) is 2. The van der Waals surface area contributed by atoms with Gasteiger partial charge >= 0.3 is 6.18 Å². The third kappa shape index (κ3) is 9.12. The highest BCUT2D eigenvalue weighted by molar-refractivity contribution is 14.0. The number of rotatable bonds is 8. The van der Waals surface area contributed by atoms with Gasteiger partial charge in [-0.15, -0.1) is 24.0 Å². The smallest absolute Gasteiger partial charge is 0.357 e. The van der Waals surface area contributed by atoms with Gasteiger partial charge < -0.3 is 15.2 Å². The number of alkyl halides is 3. The zero-order valence-electron chi connectivity index (χ0n) is 15.2. The van der Waals surface area contributed by atoms with Gasteiger partial charge in [-0.25, -0.2) is 9.98 Å². The summed E-state index contributed by atoms with van der Waals surface area (Å²) in [6.45, 7) is 3.29. The number of aliphatic imine (C=N–C) groups is 1. The second kappa shape index (κ2) is 11.8. The molecular formula is C18H25F3IN5. The summed E-state index contributed by atoms with van der Waals surface area (Å²) in [4.78, 5) is 8.64. The lowest BCUT2D eigenvalue weighted by Crippen LogP contribution is -2.39. The number of guanidine groups is 1. The molecule has 0 aliphatic rings. The fraction of sp³-hybridized carbons (Fsp3) is 0.444. The summed E-state index contributed by atoms with van der Waals surface area (Å²) in [5.41, 5.74) is 1.23. The number of aryl methyl sites for hydroxylation is 2. The van der Waals surface area contributed by atoms with E-state index >= 15 is 0 Å². The Hall–Kier alpha value is -1.78. The van der Waals surface area contributed by atoms with Crippen LogP contribution in [0.25, 0.3) is 0 Å². The lowest BCUT2D eigenvalue weighted by atomic mass is 10.1. The van der Waals surface area contributed by atoms with Crippen LogP contribution in [-0.2, 0) is 19.5 Å². The molecule has 0 aliphatic carbocycles. The van der Waals surface area contributed by atoms with Crippen molar-refractivity contribution in [3.63, 3.8) is 0 Å². The van der Waals surface area contributed by atoms with E-state index in [1.165, 1.54) is 5.56 Å². The maximum Gasteiger partial charge on any atom is 0.390 e. The fourth-order valence-electron chi connectivity index (χ4n) is 2.40. The Labute approximate surface area is 174 Å². The fourth-order valence-corrected chi connectivity index (χ4v) is 2.40. The lowest BCUT2D eigenvalue weighted by molar-refractivity contribution is -0.132. The largest absolute Gasteiger partial charge is 0.390 e. The molecule has 0 spiro atoms. The molecule has 1 aromatic heterocycles. The van der Waals surface area contributed by atoms with Gasteiger partial charge in [0.1, 0.15) is 12.4 Å². The van der Waals surface area contributed by atoms with Crippen molar-refractivity contribution in [2.75, 3.05) is 13.1 Å². The molecule has 1 heterocycles. The van der Waals surface area contributed by atoms with Crippen molar-refractivity contribution in [2.45, 2.75) is 39.0 Å². The molecule has 0 saturated heterocycles. The van der Waals surface area contributed by atoms with Gasteiger partial charge in [0, 0.05) is 32.0 Å². The predicted octanol–water partition coefficient (Wildman–Crippen LogP) is 3.75. The van der Waals surface area contributed by atoms with Crippen LogP contribution < -0.4 is 10.6 Å². The molecule has 0 atom stereocenters. The summed E-state index contributed by atoms with van der Waals surface area (Å²) in [6, 6.07) is 10.1. The number of halogens is 4. The number of imidazole rings is 1. The molecule has 2 rings (SSSR count). The number of benzene rings is 1. The minimum absolute atomic E-state index is 0. The highest BCUT2D eigenvalue weighted by Crippen LogP contribution is 2.18. The highest BCUT2D eigenvalue weighted by Gasteiger charge is 2.26. The van der Waals surface area contributed by atoms with Gasteiger partial charge in [-0.05, 0) is 18.9 Å². The number of hydrogen-bond donors (Lipinski definition) is 2. The Morgan fingerprint density at radius 3 is 2.59 bits per heavy atom. The van der Waals surface area contributed by atoms with Gasteiger partial charge in [-0.1, -0.05) is 30.3 Å². The molecule has 150 valence electrons. The maximum absolute atomic E-state index is 12.3. The first kappa shape index (κ1) is 23.3. The molecule has 2 aromatic rings. The molecule has 0 amide bonds. The minimum atomic E-state index is -4.18. The molecule has 2 N–H and O–H groups in total. The first-order valence-electron chi connectivity index (χ1n) is 8.61. The predicted molar refractivity (Wildman–Crippen MR) is 111 cm³/mol. The number of nitrogens with zero attached hydrogens (tertiary/aromatic N) is 3. The number of aromatic nitrogens is 2. The van der Waals surface area contributed by atoms with E-state index in [9.17, 15) is 13.2 Å². The van der Waals surface area contributed by atoms with Crippen LogP contribution in [0.3, 0.4) is 0 Å². The van der Waals surface area contributed by atoms with Gasteiger partial charge in [0.2, 0.25) is 0 Å². The van der Waals surface area contributed by atoms with Gasteiger partial charge in [0.25, 0.3) is 0 Å². The van der Waals surface area contributed by atoms with Crippen LogP contribution in [0.15, 0.2) is 47.7 Å². The second-order valence-electron chi connectivity index (χ2n) is 5.76. The average molecular weight is 495 g/mol. The Bertz CT molecular complexity index is 686. The van der Waals surface area contributed by atoms with Crippen LogP contribution in [0, 0.1) is 0 Å². The van der Waals surface area contributed by atoms with Gasteiger partial charge in [-0.2, -0.15) is 13.2 Å². The molecule has 0 aliphatic heterocycles. The van der Waals surface area contributed by atoms with Crippen molar-refractivity contribution in [1.82, 2.24) is 20.2 Å². The Kier molecular flexibility index (Phi) is 10.2. The SMILES string of the molecule is CCNC(=NCc1nccn1CCc1ccccc1)NCCC(F)(F)F.I. The van der Waals surface area contributed by atoms with E-state index in [1.807, 2.05) is 35.9 Å². The van der Waals surface area contributed by atoms with Crippen LogP contribution in [0.2, 0.25) is 0 Å². The van der Waals surface area contributed by atoms with E-state index in [0.717, 1.165) is 18.8 Å². The van der Waals surface area contributed by atoms with E-state index in [-0.39, 0.29) is 30.5 Å². The van der Waals surface area contributed by atoms with Crippen LogP contribution in [0.5, 0.6) is 0 Å². The molecule has 1 aromatic carbocycles. The maximum atomic E-state index is 12.3. The monoisotopic (exact) mass is 495 g/mol. The normalized spacial score (nSPS) is 11.8. The van der Waals surface area contributed by atoms with Gasteiger partial charge in [0.05, 0.1) is 6.42 Å². The molecule has 27 heavy (non-hydrogen) atoms.